The maximum atomic E-state index is 14.6. The van der Waals surface area contributed by atoms with Crippen molar-refractivity contribution in [3.8, 4) is 0 Å². The maximum Gasteiger partial charge on any atom is 0.329 e. The molecule has 386 valence electrons. The summed E-state index contributed by atoms with van der Waals surface area (Å²) < 4.78 is 44.8. The molecule has 1 aromatic heterocycles. The number of nitrogens with two attached hydrogens (primary N) is 1. The molecule has 0 saturated carbocycles. The number of ether oxygens (including phenoxy) is 7. The fraction of sp³-hybridized carbons (Fsp3) is 0.872. The van der Waals surface area contributed by atoms with Crippen LogP contribution in [-0.4, -0.2) is 195 Å². The van der Waals surface area contributed by atoms with E-state index in [2.05, 4.69) is 15.3 Å². The molecule has 20 atom stereocenters. The molecule has 0 bridgehead atoms. The molecule has 0 aliphatic carbocycles. The topological polar surface area (TPSA) is 270 Å². The van der Waals surface area contributed by atoms with E-state index in [1.807, 2.05) is 44.8 Å². The van der Waals surface area contributed by atoms with Crippen molar-refractivity contribution < 1.29 is 68.0 Å². The second kappa shape index (κ2) is 23.4. The van der Waals surface area contributed by atoms with E-state index < -0.39 is 120 Å². The lowest BCUT2D eigenvalue weighted by atomic mass is 9.77. The van der Waals surface area contributed by atoms with E-state index in [0.29, 0.717) is 18.7 Å². The van der Waals surface area contributed by atoms with Crippen LogP contribution in [0.4, 0.5) is 0 Å². The SMILES string of the molecule is CC[C@H]1OC(=O)[C@H](C)[C@@H](O[C@H]2CC(C)(OC)[C@@H](OC(=O)C(Cc3c[nH]cn3)NC(=O)C(C)N)C(C)O2)[C@H](C)[C@@H](O[C@@H]2OC(C)CC(N(C)C)C2O)[C@](C)(O)C[C@@H](C)CN(C)[C@H](C)[C@@H](O)[C@]1(C)O. The van der Waals surface area contributed by atoms with Crippen LogP contribution in [0.25, 0.3) is 0 Å². The van der Waals surface area contributed by atoms with Crippen LogP contribution in [0.1, 0.15) is 108 Å². The summed E-state index contributed by atoms with van der Waals surface area (Å²) in [4.78, 5) is 52.1. The van der Waals surface area contributed by atoms with Gasteiger partial charge in [-0.15, -0.1) is 0 Å². The van der Waals surface area contributed by atoms with E-state index in [4.69, 9.17) is 38.9 Å². The van der Waals surface area contributed by atoms with Crippen molar-refractivity contribution in [2.75, 3.05) is 34.8 Å². The molecule has 7 unspecified atom stereocenters. The molecule has 8 N–H and O–H groups in total. The van der Waals surface area contributed by atoms with Gasteiger partial charge in [0.25, 0.3) is 0 Å². The fourth-order valence-corrected chi connectivity index (χ4v) is 10.3. The number of aromatic amines is 1. The molecule has 0 aromatic carbocycles. The Morgan fingerprint density at radius 2 is 1.72 bits per heavy atom. The number of H-pyrrole nitrogens is 1. The first-order chi connectivity index (χ1) is 31.1. The fourth-order valence-electron chi connectivity index (χ4n) is 10.3. The zero-order chi connectivity index (χ0) is 50.5. The van der Waals surface area contributed by atoms with Crippen molar-refractivity contribution in [1.82, 2.24) is 25.1 Å². The van der Waals surface area contributed by atoms with Crippen LogP contribution < -0.4 is 11.1 Å². The lowest BCUT2D eigenvalue weighted by Gasteiger charge is -2.49. The number of carbonyl (C=O) groups excluding carboxylic acids is 3. The van der Waals surface area contributed by atoms with Gasteiger partial charge in [-0.25, -0.2) is 9.78 Å². The number of rotatable bonds is 13. The molecule has 67 heavy (non-hydrogen) atoms. The Morgan fingerprint density at radius 3 is 2.28 bits per heavy atom. The van der Waals surface area contributed by atoms with E-state index in [0.717, 1.165) is 0 Å². The molecule has 1 amide bonds. The summed E-state index contributed by atoms with van der Waals surface area (Å²) in [7, 11) is 7.01. The van der Waals surface area contributed by atoms with E-state index in [1.165, 1.54) is 27.3 Å². The molecule has 0 spiro atoms. The summed E-state index contributed by atoms with van der Waals surface area (Å²) >= 11 is 0. The average molecular weight is 957 g/mol. The molecule has 4 rings (SSSR count). The van der Waals surface area contributed by atoms with Gasteiger partial charge in [0.1, 0.15) is 35.6 Å². The van der Waals surface area contributed by atoms with E-state index in [9.17, 15) is 34.8 Å². The molecule has 3 aliphatic rings. The molecular weight excluding hydrogens is 873 g/mol. The van der Waals surface area contributed by atoms with Crippen molar-refractivity contribution >= 4 is 17.8 Å². The van der Waals surface area contributed by atoms with Gasteiger partial charge >= 0.3 is 11.9 Å². The molecule has 4 heterocycles. The van der Waals surface area contributed by atoms with Gasteiger partial charge in [-0.3, -0.25) is 9.59 Å². The number of nitrogens with one attached hydrogen (secondary N) is 2. The minimum atomic E-state index is -1.87. The van der Waals surface area contributed by atoms with Crippen LogP contribution >= 0.6 is 0 Å². The first-order valence-electron chi connectivity index (χ1n) is 23.9. The largest absolute Gasteiger partial charge is 0.459 e. The van der Waals surface area contributed by atoms with Gasteiger partial charge in [-0.2, -0.15) is 0 Å². The van der Waals surface area contributed by atoms with E-state index >= 15 is 0 Å². The second-order valence-corrected chi connectivity index (χ2v) is 20.7. The number of nitrogens with zero attached hydrogens (tertiary/aromatic N) is 3. The van der Waals surface area contributed by atoms with Gasteiger partial charge < -0.3 is 79.4 Å². The summed E-state index contributed by atoms with van der Waals surface area (Å²) in [5.74, 6) is -4.27. The zero-order valence-electron chi connectivity index (χ0n) is 42.5. The highest BCUT2D eigenvalue weighted by molar-refractivity contribution is 5.87. The number of carbonyl (C=O) groups is 3. The third kappa shape index (κ3) is 13.7. The van der Waals surface area contributed by atoms with Crippen LogP contribution in [0.2, 0.25) is 0 Å². The molecule has 0 radical (unpaired) electrons. The number of hydrogen-bond donors (Lipinski definition) is 7. The summed E-state index contributed by atoms with van der Waals surface area (Å²) in [6.07, 6.45) is -6.47. The minimum Gasteiger partial charge on any atom is -0.459 e. The van der Waals surface area contributed by atoms with E-state index in [1.54, 1.807) is 54.7 Å². The highest BCUT2D eigenvalue weighted by Crippen LogP contribution is 2.41. The van der Waals surface area contributed by atoms with Crippen molar-refractivity contribution in [2.45, 2.75) is 211 Å². The quantitative estimate of drug-likeness (QED) is 0.137. The summed E-state index contributed by atoms with van der Waals surface area (Å²) in [5.41, 5.74) is 1.56. The molecular formula is C47H84N6O14. The Kier molecular flexibility index (Phi) is 19.8. The van der Waals surface area contributed by atoms with Crippen molar-refractivity contribution in [3.63, 3.8) is 0 Å². The Morgan fingerprint density at radius 1 is 1.06 bits per heavy atom. The first kappa shape index (κ1) is 56.7. The normalized spacial score (nSPS) is 41.9. The molecule has 3 aliphatic heterocycles. The standard InChI is InChI=1S/C47H84N6O14/c1-16-34-47(11,60)38(55)29(7)53(14)22-24(2)19-45(9,59)39(67-44-36(54)33(52(12)13)17-25(3)62-44)26(4)37(27(5)42(57)64-34)65-35-20-46(10,61-15)40(30(8)63-35)66-43(58)32(51-41(56)28(6)48)18-31-21-49-23-50-31/h21,23-30,32-40,44,54-55,59-60H,16-20,22,48H2,1-15H3,(H,49,50)(H,51,56)/t24-,25?,26+,27-,28?,29-,30?,32?,33?,34-,35+,36?,37+,38-,39-,40+,44+,45-,46?,47-/m1/s1. The second-order valence-electron chi connectivity index (χ2n) is 20.7. The number of likely N-dealkylation sites (N-methyl/N-ethyl adjacent to an activating group) is 2. The Balaban J connectivity index is 1.77. The third-order valence-electron chi connectivity index (χ3n) is 14.4. The number of methoxy groups -OCH3 is 1. The number of aliphatic hydroxyl groups excluding tert-OH is 2. The number of aliphatic hydroxyl groups is 4. The lowest BCUT2D eigenvalue weighted by Crippen LogP contribution is -2.61. The molecule has 20 nitrogen and oxygen atoms in total. The lowest BCUT2D eigenvalue weighted by molar-refractivity contribution is -0.319. The van der Waals surface area contributed by atoms with Gasteiger partial charge in [0, 0.05) is 50.7 Å². The van der Waals surface area contributed by atoms with Crippen LogP contribution in [0.5, 0.6) is 0 Å². The molecule has 1 aromatic rings. The number of imidazole rings is 1. The maximum absolute atomic E-state index is 14.6. The molecule has 20 heteroatoms. The monoisotopic (exact) mass is 957 g/mol. The smallest absolute Gasteiger partial charge is 0.329 e. The zero-order valence-corrected chi connectivity index (χ0v) is 42.5. The summed E-state index contributed by atoms with van der Waals surface area (Å²) in [5, 5.41) is 50.7. The first-order valence-corrected chi connectivity index (χ1v) is 23.9. The van der Waals surface area contributed by atoms with Crippen LogP contribution in [0, 0.1) is 17.8 Å². The highest BCUT2D eigenvalue weighted by atomic mass is 16.7. The van der Waals surface area contributed by atoms with Crippen molar-refractivity contribution in [1.29, 1.82) is 0 Å². The van der Waals surface area contributed by atoms with Gasteiger partial charge in [-0.05, 0) is 102 Å². The predicted molar refractivity (Wildman–Crippen MR) is 246 cm³/mol. The Bertz CT molecular complexity index is 1740. The average Bonchev–Trinajstić information content (AvgIpc) is 3.76. The summed E-state index contributed by atoms with van der Waals surface area (Å²) in [6, 6.07) is -2.98. The molecule has 3 fully saturated rings. The van der Waals surface area contributed by atoms with Gasteiger partial charge in [0.05, 0.1) is 54.0 Å². The Labute approximate surface area is 397 Å². The number of cyclic esters (lactones) is 1. The number of esters is 2. The minimum absolute atomic E-state index is 0.0121. The highest BCUT2D eigenvalue weighted by Gasteiger charge is 2.54. The third-order valence-corrected chi connectivity index (χ3v) is 14.4. The van der Waals surface area contributed by atoms with Gasteiger partial charge in [0.15, 0.2) is 18.7 Å². The predicted octanol–water partition coefficient (Wildman–Crippen LogP) is 1.25. The Hall–Kier alpha value is -2.86. The van der Waals surface area contributed by atoms with Gasteiger partial charge in [-0.1, -0.05) is 20.8 Å². The van der Waals surface area contributed by atoms with Crippen molar-refractivity contribution in [2.24, 2.45) is 23.5 Å². The number of amides is 1. The van der Waals surface area contributed by atoms with Crippen molar-refractivity contribution in [3.05, 3.63) is 18.2 Å². The van der Waals surface area contributed by atoms with Crippen LogP contribution in [0.15, 0.2) is 12.5 Å². The van der Waals surface area contributed by atoms with Gasteiger partial charge in [0.2, 0.25) is 5.91 Å². The van der Waals surface area contributed by atoms with Crippen LogP contribution in [-0.2, 0) is 54.0 Å². The number of aromatic nitrogens is 2. The van der Waals surface area contributed by atoms with E-state index in [-0.39, 0.29) is 43.7 Å². The molecule has 3 saturated heterocycles. The summed E-state index contributed by atoms with van der Waals surface area (Å²) in [6.45, 7) is 19.2. The number of hydrogen-bond acceptors (Lipinski definition) is 18. The van der Waals surface area contributed by atoms with Crippen LogP contribution in [0.3, 0.4) is 0 Å².